The van der Waals surface area contributed by atoms with E-state index in [1.807, 2.05) is 0 Å². The lowest BCUT2D eigenvalue weighted by Gasteiger charge is -2.19. The van der Waals surface area contributed by atoms with Gasteiger partial charge >= 0.3 is 0 Å². The summed E-state index contributed by atoms with van der Waals surface area (Å²) in [5.41, 5.74) is 2.54. The highest BCUT2D eigenvalue weighted by Gasteiger charge is 2.47. The Morgan fingerprint density at radius 2 is 1.74 bits per heavy atom. The number of rotatable bonds is 8. The second-order valence-electron chi connectivity index (χ2n) is 7.46. The molecule has 1 aromatic rings. The summed E-state index contributed by atoms with van der Waals surface area (Å²) in [4.78, 5) is 38.1. The van der Waals surface area contributed by atoms with Crippen molar-refractivity contribution in [3.63, 3.8) is 0 Å². The van der Waals surface area contributed by atoms with Gasteiger partial charge in [-0.3, -0.25) is 19.3 Å². The predicted octanol–water partition coefficient (Wildman–Crippen LogP) is 2.91. The maximum atomic E-state index is 12.4. The quantitative estimate of drug-likeness (QED) is 0.549. The molecule has 1 aromatic carbocycles. The minimum Gasteiger partial charge on any atom is -0.355 e. The Balaban J connectivity index is 1.32. The molecule has 5 nitrogen and oxygen atoms in total. The van der Waals surface area contributed by atoms with Crippen LogP contribution in [0.3, 0.4) is 0 Å². The van der Waals surface area contributed by atoms with Crippen molar-refractivity contribution in [3.8, 4) is 0 Å². The van der Waals surface area contributed by atoms with Gasteiger partial charge in [-0.2, -0.15) is 11.8 Å². The van der Waals surface area contributed by atoms with Crippen molar-refractivity contribution in [3.05, 3.63) is 35.4 Å². The Kier molecular flexibility index (Phi) is 6.94. The molecule has 6 heteroatoms. The number of amides is 3. The minimum absolute atomic E-state index is 0.0637. The highest BCUT2D eigenvalue weighted by Crippen LogP contribution is 2.37. The van der Waals surface area contributed by atoms with E-state index in [0.717, 1.165) is 37.2 Å². The molecular weight excluding hydrogens is 360 g/mol. The third-order valence-electron chi connectivity index (χ3n) is 5.45. The van der Waals surface area contributed by atoms with E-state index >= 15 is 0 Å². The first-order valence-electron chi connectivity index (χ1n) is 9.81. The third-order valence-corrected chi connectivity index (χ3v) is 6.48. The molecule has 1 heterocycles. The van der Waals surface area contributed by atoms with Crippen LogP contribution < -0.4 is 5.32 Å². The topological polar surface area (TPSA) is 66.5 Å². The second-order valence-corrected chi connectivity index (χ2v) is 8.57. The van der Waals surface area contributed by atoms with Gasteiger partial charge in [-0.1, -0.05) is 42.7 Å². The lowest BCUT2D eigenvalue weighted by molar-refractivity contribution is -0.140. The number of hydrogen-bond donors (Lipinski definition) is 1. The van der Waals surface area contributed by atoms with Crippen LogP contribution in [0.15, 0.2) is 24.3 Å². The van der Waals surface area contributed by atoms with Crippen molar-refractivity contribution in [1.82, 2.24) is 10.2 Å². The van der Waals surface area contributed by atoms with Crippen molar-refractivity contribution >= 4 is 29.5 Å². The molecule has 1 saturated carbocycles. The fraction of sp³-hybridized carbons (Fsp3) is 0.571. The van der Waals surface area contributed by atoms with E-state index in [1.165, 1.54) is 16.0 Å². The van der Waals surface area contributed by atoms with Crippen molar-refractivity contribution in [2.45, 2.75) is 44.8 Å². The summed E-state index contributed by atoms with van der Waals surface area (Å²) in [6.07, 6.45) is 3.87. The molecule has 0 spiro atoms. The fourth-order valence-corrected chi connectivity index (χ4v) is 4.71. The number of nitrogens with one attached hydrogen (secondary N) is 1. The van der Waals surface area contributed by atoms with Gasteiger partial charge in [0.25, 0.3) is 0 Å². The number of carbonyl (C=O) groups excluding carboxylic acids is 3. The number of nitrogens with zero attached hydrogens (tertiary/aromatic N) is 1. The zero-order valence-corrected chi connectivity index (χ0v) is 16.7. The van der Waals surface area contributed by atoms with E-state index in [1.54, 1.807) is 11.8 Å². The average molecular weight is 389 g/mol. The van der Waals surface area contributed by atoms with Gasteiger partial charge in [0.1, 0.15) is 0 Å². The van der Waals surface area contributed by atoms with Crippen LogP contribution in [0.4, 0.5) is 0 Å². The van der Waals surface area contributed by atoms with E-state index in [-0.39, 0.29) is 42.5 Å². The summed E-state index contributed by atoms with van der Waals surface area (Å²) in [6.45, 7) is 2.89. The molecule has 3 rings (SSSR count). The molecule has 0 radical (unpaired) electrons. The standard InChI is InChI=1S/C21H28N2O3S/c1-15-6-8-16(9-7-15)14-27-13-11-22-19(24)10-12-23-20(25)17-4-2-3-5-18(17)21(23)26/h6-9,17-18H,2-5,10-14H2,1H3,(H,22,24). The summed E-state index contributed by atoms with van der Waals surface area (Å²) < 4.78 is 0. The minimum atomic E-state index is -0.132. The van der Waals surface area contributed by atoms with Crippen LogP contribution in [0.1, 0.15) is 43.2 Å². The molecule has 0 bridgehead atoms. The second kappa shape index (κ2) is 9.40. The molecule has 2 unspecified atom stereocenters. The predicted molar refractivity (Wildman–Crippen MR) is 107 cm³/mol. The highest BCUT2D eigenvalue weighted by atomic mass is 32.2. The molecule has 2 fully saturated rings. The summed E-state index contributed by atoms with van der Waals surface area (Å²) in [5.74, 6) is 1.28. The first kappa shape index (κ1) is 19.9. The monoisotopic (exact) mass is 388 g/mol. The Labute approximate surface area is 165 Å². The fourth-order valence-electron chi connectivity index (χ4n) is 3.89. The zero-order chi connectivity index (χ0) is 19.2. The van der Waals surface area contributed by atoms with E-state index in [9.17, 15) is 14.4 Å². The summed E-state index contributed by atoms with van der Waals surface area (Å²) in [6, 6.07) is 8.47. The normalized spacial score (nSPS) is 22.0. The van der Waals surface area contributed by atoms with Crippen LogP contribution in [0, 0.1) is 18.8 Å². The molecule has 27 heavy (non-hydrogen) atoms. The molecule has 0 aromatic heterocycles. The largest absolute Gasteiger partial charge is 0.355 e. The number of likely N-dealkylation sites (tertiary alicyclic amines) is 1. The summed E-state index contributed by atoms with van der Waals surface area (Å²) in [5, 5.41) is 2.89. The molecule has 1 aliphatic carbocycles. The molecule has 2 aliphatic rings. The maximum absolute atomic E-state index is 12.4. The SMILES string of the molecule is Cc1ccc(CSCCNC(=O)CCN2C(=O)C3CCCCC3C2=O)cc1. The number of aryl methyl sites for hydroxylation is 1. The van der Waals surface area contributed by atoms with Gasteiger partial charge in [-0.15, -0.1) is 0 Å². The van der Waals surface area contributed by atoms with Crippen LogP contribution in [0.5, 0.6) is 0 Å². The van der Waals surface area contributed by atoms with E-state index in [4.69, 9.17) is 0 Å². The van der Waals surface area contributed by atoms with Gasteiger partial charge in [-0.05, 0) is 25.3 Å². The lowest BCUT2D eigenvalue weighted by atomic mass is 9.81. The smallest absolute Gasteiger partial charge is 0.233 e. The summed E-state index contributed by atoms with van der Waals surface area (Å²) >= 11 is 1.78. The van der Waals surface area contributed by atoms with Gasteiger partial charge in [0.2, 0.25) is 17.7 Å². The molecule has 1 N–H and O–H groups in total. The van der Waals surface area contributed by atoms with Crippen molar-refractivity contribution in [2.24, 2.45) is 11.8 Å². The Morgan fingerprint density at radius 3 is 2.37 bits per heavy atom. The molecule has 3 amide bonds. The van der Waals surface area contributed by atoms with Gasteiger partial charge < -0.3 is 5.32 Å². The first-order valence-corrected chi connectivity index (χ1v) is 11.0. The van der Waals surface area contributed by atoms with Gasteiger partial charge in [0.15, 0.2) is 0 Å². The Bertz CT molecular complexity index is 665. The summed E-state index contributed by atoms with van der Waals surface area (Å²) in [7, 11) is 0. The van der Waals surface area contributed by atoms with Crippen LogP contribution in [0.2, 0.25) is 0 Å². The molecule has 2 atom stereocenters. The van der Waals surface area contributed by atoms with Gasteiger partial charge in [0.05, 0.1) is 11.8 Å². The van der Waals surface area contributed by atoms with Crippen LogP contribution in [0.25, 0.3) is 0 Å². The third kappa shape index (κ3) is 5.12. The highest BCUT2D eigenvalue weighted by molar-refractivity contribution is 7.98. The van der Waals surface area contributed by atoms with Crippen molar-refractivity contribution < 1.29 is 14.4 Å². The zero-order valence-electron chi connectivity index (χ0n) is 15.9. The van der Waals surface area contributed by atoms with Crippen LogP contribution in [-0.4, -0.2) is 41.5 Å². The Morgan fingerprint density at radius 1 is 1.11 bits per heavy atom. The number of imide groups is 1. The molecule has 1 saturated heterocycles. The van der Waals surface area contributed by atoms with Crippen LogP contribution in [-0.2, 0) is 20.1 Å². The molecule has 1 aliphatic heterocycles. The van der Waals surface area contributed by atoms with E-state index in [2.05, 4.69) is 36.5 Å². The number of hydrogen-bond acceptors (Lipinski definition) is 4. The lowest BCUT2D eigenvalue weighted by Crippen LogP contribution is -2.36. The Hall–Kier alpha value is -1.82. The van der Waals surface area contributed by atoms with Crippen molar-refractivity contribution in [2.75, 3.05) is 18.8 Å². The molecular formula is C21H28N2O3S. The van der Waals surface area contributed by atoms with Gasteiger partial charge in [-0.25, -0.2) is 0 Å². The van der Waals surface area contributed by atoms with Gasteiger partial charge in [0, 0.05) is 31.0 Å². The molecule has 146 valence electrons. The van der Waals surface area contributed by atoms with E-state index < -0.39 is 0 Å². The van der Waals surface area contributed by atoms with Crippen molar-refractivity contribution in [1.29, 1.82) is 0 Å². The van der Waals surface area contributed by atoms with E-state index in [0.29, 0.717) is 6.54 Å². The number of carbonyl (C=O) groups is 3. The first-order chi connectivity index (χ1) is 13.1. The number of benzene rings is 1. The number of thioether (sulfide) groups is 1. The average Bonchev–Trinajstić information content (AvgIpc) is 2.92. The maximum Gasteiger partial charge on any atom is 0.233 e. The van der Waals surface area contributed by atoms with Crippen LogP contribution >= 0.6 is 11.8 Å². The number of fused-ring (bicyclic) bond motifs is 1.